The summed E-state index contributed by atoms with van der Waals surface area (Å²) in [4.78, 5) is 19.5. The molecule has 0 spiro atoms. The maximum absolute atomic E-state index is 12.5. The number of ether oxygens (including phenoxy) is 1. The molecule has 1 fully saturated rings. The van der Waals surface area contributed by atoms with Gasteiger partial charge in [-0.15, -0.1) is 0 Å². The van der Waals surface area contributed by atoms with Gasteiger partial charge in [-0.1, -0.05) is 43.7 Å². The standard InChI is InChI=1S/C25H31N3O2/c1-2-3-15-27-19-20(18-24(27)29)25-26-22-13-7-8-14-23(22)28(25)16-9-10-17-30-21-11-5-4-6-12-21/h4-8,11-14,20H,2-3,9-10,15-19H2,1H3. The SMILES string of the molecule is CCCCN1CC(c2nc3ccccc3n2CCCCOc2ccccc2)CC1=O. The second-order valence-corrected chi connectivity index (χ2v) is 8.07. The van der Waals surface area contributed by atoms with Crippen molar-refractivity contribution in [1.29, 1.82) is 0 Å². The molecule has 158 valence electrons. The number of aryl methyl sites for hydroxylation is 1. The molecule has 0 saturated carbocycles. The number of aromatic nitrogens is 2. The van der Waals surface area contributed by atoms with Gasteiger partial charge in [0.25, 0.3) is 0 Å². The maximum atomic E-state index is 12.5. The Morgan fingerprint density at radius 3 is 2.63 bits per heavy atom. The van der Waals surface area contributed by atoms with Gasteiger partial charge in [0, 0.05) is 32.0 Å². The van der Waals surface area contributed by atoms with Crippen LogP contribution < -0.4 is 4.74 Å². The molecule has 5 nitrogen and oxygen atoms in total. The first-order valence-corrected chi connectivity index (χ1v) is 11.2. The third-order valence-electron chi connectivity index (χ3n) is 5.83. The number of rotatable bonds is 10. The van der Waals surface area contributed by atoms with Crippen LogP contribution in [0.4, 0.5) is 0 Å². The zero-order chi connectivity index (χ0) is 20.8. The molecule has 30 heavy (non-hydrogen) atoms. The summed E-state index contributed by atoms with van der Waals surface area (Å²) in [6.07, 6.45) is 4.74. The monoisotopic (exact) mass is 405 g/mol. The Bertz CT molecular complexity index is 967. The second-order valence-electron chi connectivity index (χ2n) is 8.07. The van der Waals surface area contributed by atoms with Crippen molar-refractivity contribution in [3.05, 3.63) is 60.4 Å². The Morgan fingerprint density at radius 2 is 1.80 bits per heavy atom. The minimum absolute atomic E-state index is 0.183. The van der Waals surface area contributed by atoms with Gasteiger partial charge < -0.3 is 14.2 Å². The summed E-state index contributed by atoms with van der Waals surface area (Å²) in [6, 6.07) is 18.3. The van der Waals surface area contributed by atoms with Crippen molar-refractivity contribution >= 4 is 16.9 Å². The predicted molar refractivity (Wildman–Crippen MR) is 120 cm³/mol. The Kier molecular flexibility index (Phi) is 6.67. The van der Waals surface area contributed by atoms with Gasteiger partial charge in [0.15, 0.2) is 0 Å². The lowest BCUT2D eigenvalue weighted by atomic mass is 10.1. The number of fused-ring (bicyclic) bond motifs is 1. The van der Waals surface area contributed by atoms with Crippen LogP contribution in [0, 0.1) is 0 Å². The maximum Gasteiger partial charge on any atom is 0.223 e. The number of amides is 1. The lowest BCUT2D eigenvalue weighted by Crippen LogP contribution is -2.26. The first kappa shape index (κ1) is 20.5. The van der Waals surface area contributed by atoms with E-state index >= 15 is 0 Å². The molecule has 0 radical (unpaired) electrons. The molecule has 1 unspecified atom stereocenters. The molecule has 2 heterocycles. The molecule has 3 aromatic rings. The van der Waals surface area contributed by atoms with Crippen molar-refractivity contribution < 1.29 is 9.53 Å². The van der Waals surface area contributed by atoms with E-state index in [0.29, 0.717) is 13.0 Å². The Morgan fingerprint density at radius 1 is 1.00 bits per heavy atom. The highest BCUT2D eigenvalue weighted by Crippen LogP contribution is 2.31. The van der Waals surface area contributed by atoms with Crippen molar-refractivity contribution in [1.82, 2.24) is 14.5 Å². The van der Waals surface area contributed by atoms with Gasteiger partial charge in [-0.3, -0.25) is 4.79 Å². The van der Waals surface area contributed by atoms with Crippen molar-refractivity contribution in [2.45, 2.75) is 51.5 Å². The van der Waals surface area contributed by atoms with Gasteiger partial charge in [-0.05, 0) is 43.5 Å². The summed E-state index contributed by atoms with van der Waals surface area (Å²) in [5, 5.41) is 0. The number of carbonyl (C=O) groups is 1. The minimum atomic E-state index is 0.183. The van der Waals surface area contributed by atoms with Crippen molar-refractivity contribution in [3.8, 4) is 5.75 Å². The molecule has 5 heteroatoms. The average molecular weight is 406 g/mol. The fourth-order valence-corrected chi connectivity index (χ4v) is 4.23. The molecule has 1 saturated heterocycles. The molecule has 1 aliphatic rings. The van der Waals surface area contributed by atoms with Crippen LogP contribution in [-0.4, -0.2) is 40.1 Å². The highest BCUT2D eigenvalue weighted by Gasteiger charge is 2.33. The highest BCUT2D eigenvalue weighted by atomic mass is 16.5. The molecule has 1 atom stereocenters. The fraction of sp³-hybridized carbons (Fsp3) is 0.440. The number of carbonyl (C=O) groups excluding carboxylic acids is 1. The summed E-state index contributed by atoms with van der Waals surface area (Å²) in [5.74, 6) is 2.43. The van der Waals surface area contributed by atoms with E-state index < -0.39 is 0 Å². The van der Waals surface area contributed by atoms with Crippen LogP contribution in [0.1, 0.15) is 50.8 Å². The molecule has 0 aliphatic carbocycles. The molecule has 1 amide bonds. The van der Waals surface area contributed by atoms with Crippen LogP contribution >= 0.6 is 0 Å². The zero-order valence-electron chi connectivity index (χ0n) is 17.8. The third-order valence-corrected chi connectivity index (χ3v) is 5.83. The number of nitrogens with zero attached hydrogens (tertiary/aromatic N) is 3. The van der Waals surface area contributed by atoms with Gasteiger partial charge in [0.05, 0.1) is 17.6 Å². The Hall–Kier alpha value is -2.82. The molecule has 4 rings (SSSR count). The molecule has 2 aromatic carbocycles. The van der Waals surface area contributed by atoms with Crippen LogP contribution in [0.5, 0.6) is 5.75 Å². The number of benzene rings is 2. The van der Waals surface area contributed by atoms with E-state index in [4.69, 9.17) is 9.72 Å². The number of hydrogen-bond acceptors (Lipinski definition) is 3. The lowest BCUT2D eigenvalue weighted by molar-refractivity contribution is -0.127. The van der Waals surface area contributed by atoms with Gasteiger partial charge in [0.1, 0.15) is 11.6 Å². The number of hydrogen-bond donors (Lipinski definition) is 0. The summed E-state index contributed by atoms with van der Waals surface area (Å²) in [6.45, 7) is 5.42. The van der Waals surface area contributed by atoms with Gasteiger partial charge >= 0.3 is 0 Å². The topological polar surface area (TPSA) is 47.4 Å². The zero-order valence-corrected chi connectivity index (χ0v) is 17.8. The van der Waals surface area contributed by atoms with Crippen molar-refractivity contribution in [2.24, 2.45) is 0 Å². The van der Waals surface area contributed by atoms with E-state index in [2.05, 4.69) is 29.7 Å². The summed E-state index contributed by atoms with van der Waals surface area (Å²) >= 11 is 0. The number of likely N-dealkylation sites (tertiary alicyclic amines) is 1. The van der Waals surface area contributed by atoms with Crippen LogP contribution in [0.2, 0.25) is 0 Å². The summed E-state index contributed by atoms with van der Waals surface area (Å²) < 4.78 is 8.16. The molecular weight excluding hydrogens is 374 g/mol. The van der Waals surface area contributed by atoms with Gasteiger partial charge in [-0.2, -0.15) is 0 Å². The lowest BCUT2D eigenvalue weighted by Gasteiger charge is -2.17. The van der Waals surface area contributed by atoms with Crippen LogP contribution in [0.3, 0.4) is 0 Å². The van der Waals surface area contributed by atoms with E-state index in [9.17, 15) is 4.79 Å². The van der Waals surface area contributed by atoms with Gasteiger partial charge in [0.2, 0.25) is 5.91 Å². The highest BCUT2D eigenvalue weighted by molar-refractivity contribution is 5.80. The Balaban J connectivity index is 1.42. The third kappa shape index (κ3) is 4.66. The largest absolute Gasteiger partial charge is 0.494 e. The van der Waals surface area contributed by atoms with Crippen molar-refractivity contribution in [2.75, 3.05) is 19.7 Å². The van der Waals surface area contributed by atoms with Crippen LogP contribution in [-0.2, 0) is 11.3 Å². The van der Waals surface area contributed by atoms with Crippen LogP contribution in [0.25, 0.3) is 11.0 Å². The fourth-order valence-electron chi connectivity index (χ4n) is 4.23. The van der Waals surface area contributed by atoms with E-state index in [1.807, 2.05) is 41.3 Å². The minimum Gasteiger partial charge on any atom is -0.494 e. The number of unbranched alkanes of at least 4 members (excludes halogenated alkanes) is 2. The summed E-state index contributed by atoms with van der Waals surface area (Å²) in [5.41, 5.74) is 2.18. The van der Waals surface area contributed by atoms with E-state index in [0.717, 1.165) is 67.9 Å². The Labute approximate surface area is 178 Å². The second kappa shape index (κ2) is 9.79. The quantitative estimate of drug-likeness (QED) is 0.445. The molecular formula is C25H31N3O2. The smallest absolute Gasteiger partial charge is 0.223 e. The van der Waals surface area contributed by atoms with Crippen molar-refractivity contribution in [3.63, 3.8) is 0 Å². The predicted octanol–water partition coefficient (Wildman–Crippen LogP) is 5.01. The van der Waals surface area contributed by atoms with Gasteiger partial charge in [-0.25, -0.2) is 4.98 Å². The first-order valence-electron chi connectivity index (χ1n) is 11.2. The number of para-hydroxylation sites is 3. The molecule has 0 N–H and O–H groups in total. The van der Waals surface area contributed by atoms with E-state index in [-0.39, 0.29) is 11.8 Å². The molecule has 1 aliphatic heterocycles. The van der Waals surface area contributed by atoms with E-state index in [1.54, 1.807) is 0 Å². The normalized spacial score (nSPS) is 16.5. The number of imidazole rings is 1. The van der Waals surface area contributed by atoms with E-state index in [1.165, 1.54) is 0 Å². The molecule has 1 aromatic heterocycles. The average Bonchev–Trinajstić information content (AvgIpc) is 3.33. The first-order chi connectivity index (χ1) is 14.8. The summed E-state index contributed by atoms with van der Waals surface area (Å²) in [7, 11) is 0. The van der Waals surface area contributed by atoms with Crippen LogP contribution in [0.15, 0.2) is 54.6 Å². The molecule has 0 bridgehead atoms.